The molecule has 0 fully saturated rings. The molecular formula is C14H20. The maximum absolute atomic E-state index is 3.79. The van der Waals surface area contributed by atoms with Gasteiger partial charge in [0.2, 0.25) is 0 Å². The predicted molar refractivity (Wildman–Crippen MR) is 64.4 cm³/mol. The van der Waals surface area contributed by atoms with Crippen molar-refractivity contribution in [3.8, 4) is 0 Å². The molecule has 1 aromatic carbocycles. The van der Waals surface area contributed by atoms with Crippen LogP contribution in [0.2, 0.25) is 0 Å². The SMILES string of the molecule is C=Cc1cccc(C(C)CC(C)C)c1. The van der Waals surface area contributed by atoms with E-state index in [4.69, 9.17) is 0 Å². The third-order valence-electron chi connectivity index (χ3n) is 2.54. The number of hydrogen-bond acceptors (Lipinski definition) is 0. The van der Waals surface area contributed by atoms with Crippen LogP contribution in [-0.4, -0.2) is 0 Å². The third kappa shape index (κ3) is 3.02. The van der Waals surface area contributed by atoms with Crippen molar-refractivity contribution >= 4 is 6.08 Å². The first-order valence-electron chi connectivity index (χ1n) is 5.36. The summed E-state index contributed by atoms with van der Waals surface area (Å²) in [6.07, 6.45) is 3.16. The quantitative estimate of drug-likeness (QED) is 0.653. The zero-order valence-corrected chi connectivity index (χ0v) is 9.46. The summed E-state index contributed by atoms with van der Waals surface area (Å²) in [6, 6.07) is 8.65. The Morgan fingerprint density at radius 3 is 2.57 bits per heavy atom. The van der Waals surface area contributed by atoms with Crippen LogP contribution in [0.5, 0.6) is 0 Å². The van der Waals surface area contributed by atoms with Crippen molar-refractivity contribution in [3.63, 3.8) is 0 Å². The first kappa shape index (κ1) is 11.0. The standard InChI is InChI=1S/C14H20/c1-5-13-7-6-8-14(10-13)12(4)9-11(2)3/h5-8,10-12H,1,9H2,2-4H3. The smallest absolute Gasteiger partial charge is 0.0188 e. The van der Waals surface area contributed by atoms with Crippen molar-refractivity contribution in [1.82, 2.24) is 0 Å². The van der Waals surface area contributed by atoms with Gasteiger partial charge in [-0.25, -0.2) is 0 Å². The molecule has 1 atom stereocenters. The van der Waals surface area contributed by atoms with Gasteiger partial charge in [0, 0.05) is 0 Å². The summed E-state index contributed by atoms with van der Waals surface area (Å²) in [5.41, 5.74) is 2.65. The lowest BCUT2D eigenvalue weighted by Gasteiger charge is -2.14. The Morgan fingerprint density at radius 2 is 2.00 bits per heavy atom. The summed E-state index contributed by atoms with van der Waals surface area (Å²) in [7, 11) is 0. The van der Waals surface area contributed by atoms with Gasteiger partial charge in [0.15, 0.2) is 0 Å². The normalized spacial score (nSPS) is 12.9. The lowest BCUT2D eigenvalue weighted by molar-refractivity contribution is 0.523. The van der Waals surface area contributed by atoms with E-state index in [0.29, 0.717) is 5.92 Å². The van der Waals surface area contributed by atoms with Gasteiger partial charge in [-0.1, -0.05) is 57.7 Å². The molecule has 0 aliphatic carbocycles. The molecule has 0 saturated heterocycles. The highest BCUT2D eigenvalue weighted by Gasteiger charge is 2.07. The summed E-state index contributed by atoms with van der Waals surface area (Å²) in [5, 5.41) is 0. The Balaban J connectivity index is 2.78. The Kier molecular flexibility index (Phi) is 3.94. The lowest BCUT2D eigenvalue weighted by atomic mass is 9.91. The van der Waals surface area contributed by atoms with Gasteiger partial charge in [-0.15, -0.1) is 0 Å². The molecule has 0 nitrogen and oxygen atoms in total. The van der Waals surface area contributed by atoms with E-state index in [0.717, 1.165) is 5.92 Å². The van der Waals surface area contributed by atoms with Gasteiger partial charge in [0.25, 0.3) is 0 Å². The molecule has 0 spiro atoms. The Bertz CT molecular complexity index is 297. The molecule has 0 radical (unpaired) electrons. The average Bonchev–Trinajstić information content (AvgIpc) is 2.17. The van der Waals surface area contributed by atoms with Crippen LogP contribution in [0, 0.1) is 5.92 Å². The zero-order valence-electron chi connectivity index (χ0n) is 9.46. The molecule has 0 bridgehead atoms. The van der Waals surface area contributed by atoms with Gasteiger partial charge >= 0.3 is 0 Å². The monoisotopic (exact) mass is 188 g/mol. The molecule has 0 aromatic heterocycles. The first-order chi connectivity index (χ1) is 6.63. The van der Waals surface area contributed by atoms with Gasteiger partial charge < -0.3 is 0 Å². The summed E-state index contributed by atoms with van der Waals surface area (Å²) < 4.78 is 0. The second-order valence-electron chi connectivity index (χ2n) is 4.40. The van der Waals surface area contributed by atoms with Crippen molar-refractivity contribution < 1.29 is 0 Å². The van der Waals surface area contributed by atoms with E-state index in [1.54, 1.807) is 0 Å². The Hall–Kier alpha value is -1.04. The minimum absolute atomic E-state index is 0.648. The van der Waals surface area contributed by atoms with Crippen molar-refractivity contribution in [1.29, 1.82) is 0 Å². The molecule has 0 heteroatoms. The molecule has 0 amide bonds. The van der Waals surface area contributed by atoms with Crippen LogP contribution >= 0.6 is 0 Å². The molecule has 1 unspecified atom stereocenters. The molecule has 1 aromatic rings. The van der Waals surface area contributed by atoms with Crippen LogP contribution in [0.1, 0.15) is 44.2 Å². The molecule has 0 N–H and O–H groups in total. The van der Waals surface area contributed by atoms with Crippen molar-refractivity contribution in [2.45, 2.75) is 33.1 Å². The molecule has 0 aliphatic rings. The highest BCUT2D eigenvalue weighted by molar-refractivity contribution is 5.48. The molecular weight excluding hydrogens is 168 g/mol. The van der Waals surface area contributed by atoms with Gasteiger partial charge in [-0.2, -0.15) is 0 Å². The van der Waals surface area contributed by atoms with Crippen LogP contribution in [0.25, 0.3) is 6.08 Å². The summed E-state index contributed by atoms with van der Waals surface area (Å²) >= 11 is 0. The molecule has 14 heavy (non-hydrogen) atoms. The Morgan fingerprint density at radius 1 is 1.29 bits per heavy atom. The topological polar surface area (TPSA) is 0 Å². The zero-order chi connectivity index (χ0) is 10.6. The van der Waals surface area contributed by atoms with E-state index < -0.39 is 0 Å². The van der Waals surface area contributed by atoms with E-state index in [1.165, 1.54) is 17.5 Å². The second-order valence-corrected chi connectivity index (χ2v) is 4.40. The molecule has 76 valence electrons. The number of rotatable bonds is 4. The highest BCUT2D eigenvalue weighted by atomic mass is 14.1. The fourth-order valence-electron chi connectivity index (χ4n) is 1.84. The van der Waals surface area contributed by atoms with E-state index in [1.807, 2.05) is 6.08 Å². The predicted octanol–water partition coefficient (Wildman–Crippen LogP) is 4.48. The van der Waals surface area contributed by atoms with Gasteiger partial charge in [0.1, 0.15) is 0 Å². The summed E-state index contributed by atoms with van der Waals surface area (Å²) in [4.78, 5) is 0. The average molecular weight is 188 g/mol. The van der Waals surface area contributed by atoms with Crippen LogP contribution < -0.4 is 0 Å². The van der Waals surface area contributed by atoms with Crippen LogP contribution in [0.3, 0.4) is 0 Å². The van der Waals surface area contributed by atoms with Crippen molar-refractivity contribution in [2.24, 2.45) is 5.92 Å². The van der Waals surface area contributed by atoms with Crippen molar-refractivity contribution in [2.75, 3.05) is 0 Å². The van der Waals surface area contributed by atoms with Gasteiger partial charge in [0.05, 0.1) is 0 Å². The maximum Gasteiger partial charge on any atom is -0.0188 e. The second kappa shape index (κ2) is 4.99. The van der Waals surface area contributed by atoms with Crippen LogP contribution in [-0.2, 0) is 0 Å². The largest absolute Gasteiger partial charge is 0.0985 e. The first-order valence-corrected chi connectivity index (χ1v) is 5.36. The number of benzene rings is 1. The van der Waals surface area contributed by atoms with E-state index in [9.17, 15) is 0 Å². The summed E-state index contributed by atoms with van der Waals surface area (Å²) in [5.74, 6) is 1.41. The van der Waals surface area contributed by atoms with Crippen LogP contribution in [0.4, 0.5) is 0 Å². The minimum Gasteiger partial charge on any atom is -0.0985 e. The molecule has 0 aliphatic heterocycles. The molecule has 0 saturated carbocycles. The number of hydrogen-bond donors (Lipinski definition) is 0. The van der Waals surface area contributed by atoms with E-state index in [2.05, 4.69) is 51.6 Å². The van der Waals surface area contributed by atoms with E-state index in [-0.39, 0.29) is 0 Å². The minimum atomic E-state index is 0.648. The van der Waals surface area contributed by atoms with Gasteiger partial charge in [-0.3, -0.25) is 0 Å². The van der Waals surface area contributed by atoms with Gasteiger partial charge in [-0.05, 0) is 29.4 Å². The van der Waals surface area contributed by atoms with Crippen LogP contribution in [0.15, 0.2) is 30.8 Å². The van der Waals surface area contributed by atoms with E-state index >= 15 is 0 Å². The molecule has 1 rings (SSSR count). The molecule has 0 heterocycles. The third-order valence-corrected chi connectivity index (χ3v) is 2.54. The fraction of sp³-hybridized carbons (Fsp3) is 0.429. The fourth-order valence-corrected chi connectivity index (χ4v) is 1.84. The Labute approximate surface area is 87.7 Å². The van der Waals surface area contributed by atoms with Crippen molar-refractivity contribution in [3.05, 3.63) is 42.0 Å². The lowest BCUT2D eigenvalue weighted by Crippen LogP contribution is -1.98. The highest BCUT2D eigenvalue weighted by Crippen LogP contribution is 2.23. The maximum atomic E-state index is 3.79. The summed E-state index contributed by atoms with van der Waals surface area (Å²) in [6.45, 7) is 10.6.